The fourth-order valence-corrected chi connectivity index (χ4v) is 2.53. The summed E-state index contributed by atoms with van der Waals surface area (Å²) in [5.74, 6) is 0.915. The normalized spacial score (nSPS) is 14.6. The van der Waals surface area contributed by atoms with Crippen LogP contribution in [0.1, 0.15) is 60.8 Å². The molecule has 0 saturated heterocycles. The van der Waals surface area contributed by atoms with Gasteiger partial charge in [-0.05, 0) is 45.4 Å². The fraction of sp³-hybridized carbons (Fsp3) is 0.938. The molecule has 0 aromatic carbocycles. The van der Waals surface area contributed by atoms with Gasteiger partial charge >= 0.3 is 0 Å². The molecule has 6 nitrogen and oxygen atoms in total. The van der Waals surface area contributed by atoms with Gasteiger partial charge in [-0.2, -0.15) is 0 Å². The van der Waals surface area contributed by atoms with E-state index in [0.29, 0.717) is 31.0 Å². The lowest BCUT2D eigenvalue weighted by Gasteiger charge is -2.23. The van der Waals surface area contributed by atoms with Crippen molar-refractivity contribution in [1.29, 1.82) is 0 Å². The summed E-state index contributed by atoms with van der Waals surface area (Å²) in [7, 11) is -3.10. The average molecular weight is 349 g/mol. The zero-order chi connectivity index (χ0) is 17.9. The number of guanidine groups is 1. The summed E-state index contributed by atoms with van der Waals surface area (Å²) in [4.78, 5) is 4.50. The molecule has 0 aliphatic carbocycles. The third-order valence-electron chi connectivity index (χ3n) is 3.36. The Kier molecular flexibility index (Phi) is 10.5. The highest BCUT2D eigenvalue weighted by Gasteiger charge is 2.13. The van der Waals surface area contributed by atoms with Crippen molar-refractivity contribution in [2.75, 3.05) is 25.4 Å². The SMILES string of the molecule is CCNC(=NCCCNS(=O)(=O)CC)NC(C)CCC(C)(C)C. The minimum Gasteiger partial charge on any atom is -0.357 e. The van der Waals surface area contributed by atoms with Crippen molar-refractivity contribution in [3.63, 3.8) is 0 Å². The zero-order valence-electron chi connectivity index (χ0n) is 15.7. The molecule has 1 unspecified atom stereocenters. The van der Waals surface area contributed by atoms with Crippen molar-refractivity contribution in [2.45, 2.75) is 66.8 Å². The highest BCUT2D eigenvalue weighted by molar-refractivity contribution is 7.89. The molecule has 138 valence electrons. The van der Waals surface area contributed by atoms with Crippen LogP contribution >= 0.6 is 0 Å². The van der Waals surface area contributed by atoms with E-state index in [0.717, 1.165) is 25.3 Å². The molecule has 0 fully saturated rings. The highest BCUT2D eigenvalue weighted by Crippen LogP contribution is 2.21. The van der Waals surface area contributed by atoms with E-state index in [2.05, 4.69) is 48.0 Å². The van der Waals surface area contributed by atoms with Gasteiger partial charge in [0.05, 0.1) is 5.75 Å². The Morgan fingerprint density at radius 2 is 1.87 bits per heavy atom. The summed E-state index contributed by atoms with van der Waals surface area (Å²) in [5, 5.41) is 6.64. The molecule has 0 amide bonds. The van der Waals surface area contributed by atoms with Crippen LogP contribution in [0.25, 0.3) is 0 Å². The molecule has 0 saturated carbocycles. The number of aliphatic imine (C=N–C) groups is 1. The number of hydrogen-bond acceptors (Lipinski definition) is 3. The van der Waals surface area contributed by atoms with Crippen LogP contribution in [0.5, 0.6) is 0 Å². The number of nitrogens with zero attached hydrogens (tertiary/aromatic N) is 1. The van der Waals surface area contributed by atoms with E-state index in [1.54, 1.807) is 6.92 Å². The van der Waals surface area contributed by atoms with Gasteiger partial charge in [-0.15, -0.1) is 0 Å². The molecule has 0 bridgehead atoms. The molecule has 0 spiro atoms. The van der Waals surface area contributed by atoms with Crippen LogP contribution in [0, 0.1) is 5.41 Å². The minimum atomic E-state index is -3.10. The number of rotatable bonds is 10. The summed E-state index contributed by atoms with van der Waals surface area (Å²) in [6.07, 6.45) is 2.93. The van der Waals surface area contributed by atoms with Gasteiger partial charge in [0.25, 0.3) is 0 Å². The molecule has 23 heavy (non-hydrogen) atoms. The van der Waals surface area contributed by atoms with Gasteiger partial charge in [0.1, 0.15) is 0 Å². The van der Waals surface area contributed by atoms with Gasteiger partial charge in [0, 0.05) is 25.7 Å². The quantitative estimate of drug-likeness (QED) is 0.321. The molecule has 7 heteroatoms. The molecular weight excluding hydrogens is 312 g/mol. The van der Waals surface area contributed by atoms with E-state index in [4.69, 9.17) is 0 Å². The highest BCUT2D eigenvalue weighted by atomic mass is 32.2. The first-order chi connectivity index (χ1) is 10.6. The van der Waals surface area contributed by atoms with Gasteiger partial charge in [-0.3, -0.25) is 4.99 Å². The van der Waals surface area contributed by atoms with E-state index >= 15 is 0 Å². The third kappa shape index (κ3) is 13.3. The Morgan fingerprint density at radius 3 is 2.39 bits per heavy atom. The van der Waals surface area contributed by atoms with Crippen molar-refractivity contribution in [1.82, 2.24) is 15.4 Å². The molecule has 0 heterocycles. The monoisotopic (exact) mass is 348 g/mol. The maximum absolute atomic E-state index is 11.3. The molecule has 3 N–H and O–H groups in total. The van der Waals surface area contributed by atoms with E-state index in [9.17, 15) is 8.42 Å². The van der Waals surface area contributed by atoms with Crippen LogP contribution in [0.3, 0.4) is 0 Å². The van der Waals surface area contributed by atoms with Crippen LogP contribution in [0.4, 0.5) is 0 Å². The Hall–Kier alpha value is -0.820. The summed E-state index contributed by atoms with van der Waals surface area (Å²) in [5.41, 5.74) is 0.335. The molecule has 0 aliphatic heterocycles. The van der Waals surface area contributed by atoms with Crippen LogP contribution in [0.2, 0.25) is 0 Å². The van der Waals surface area contributed by atoms with Gasteiger partial charge in [0.15, 0.2) is 5.96 Å². The molecule has 1 atom stereocenters. The van der Waals surface area contributed by atoms with E-state index < -0.39 is 10.0 Å². The van der Waals surface area contributed by atoms with Gasteiger partial charge in [0.2, 0.25) is 10.0 Å². The van der Waals surface area contributed by atoms with Gasteiger partial charge < -0.3 is 10.6 Å². The molecule has 0 aromatic heterocycles. The van der Waals surface area contributed by atoms with E-state index in [1.807, 2.05) is 6.92 Å². The maximum Gasteiger partial charge on any atom is 0.211 e. The molecule has 0 rings (SSSR count). The smallest absolute Gasteiger partial charge is 0.211 e. The van der Waals surface area contributed by atoms with E-state index in [1.165, 1.54) is 0 Å². The third-order valence-corrected chi connectivity index (χ3v) is 4.77. The molecule has 0 aliphatic rings. The summed E-state index contributed by atoms with van der Waals surface area (Å²) in [6, 6.07) is 0.352. The van der Waals surface area contributed by atoms with Crippen molar-refractivity contribution in [2.24, 2.45) is 10.4 Å². The predicted octanol–water partition coefficient (Wildman–Crippen LogP) is 2.09. The number of hydrogen-bond donors (Lipinski definition) is 3. The Morgan fingerprint density at radius 1 is 1.22 bits per heavy atom. The lowest BCUT2D eigenvalue weighted by atomic mass is 9.89. The number of nitrogens with one attached hydrogen (secondary N) is 3. The Balaban J connectivity index is 4.22. The minimum absolute atomic E-state index is 0.117. The number of sulfonamides is 1. The lowest BCUT2D eigenvalue weighted by molar-refractivity contribution is 0.346. The molecule has 0 radical (unpaired) electrons. The van der Waals surface area contributed by atoms with Crippen LogP contribution in [0.15, 0.2) is 4.99 Å². The lowest BCUT2D eigenvalue weighted by Crippen LogP contribution is -2.42. The van der Waals surface area contributed by atoms with Gasteiger partial charge in [-0.25, -0.2) is 13.1 Å². The Bertz CT molecular complexity index is 441. The second-order valence-corrected chi connectivity index (χ2v) is 9.15. The van der Waals surface area contributed by atoms with Gasteiger partial charge in [-0.1, -0.05) is 20.8 Å². The Labute approximate surface area is 143 Å². The standard InChI is InChI=1S/C16H36N4O2S/c1-7-17-15(20-14(3)10-11-16(4,5)6)18-12-9-13-19-23(21,22)8-2/h14,19H,7-13H2,1-6H3,(H2,17,18,20). The van der Waals surface area contributed by atoms with Crippen molar-refractivity contribution >= 4 is 16.0 Å². The first kappa shape index (κ1) is 22.2. The van der Waals surface area contributed by atoms with Crippen molar-refractivity contribution < 1.29 is 8.42 Å². The predicted molar refractivity (Wildman–Crippen MR) is 99.3 cm³/mol. The summed E-state index contributed by atoms with van der Waals surface area (Å²) < 4.78 is 25.2. The first-order valence-electron chi connectivity index (χ1n) is 8.62. The van der Waals surface area contributed by atoms with Crippen molar-refractivity contribution in [3.05, 3.63) is 0 Å². The summed E-state index contributed by atoms with van der Waals surface area (Å²) in [6.45, 7) is 14.4. The first-order valence-corrected chi connectivity index (χ1v) is 10.3. The fourth-order valence-electron chi connectivity index (χ4n) is 1.87. The average Bonchev–Trinajstić information content (AvgIpc) is 2.44. The largest absolute Gasteiger partial charge is 0.357 e. The molecule has 0 aromatic rings. The van der Waals surface area contributed by atoms with Crippen LogP contribution < -0.4 is 15.4 Å². The second-order valence-electron chi connectivity index (χ2n) is 7.06. The van der Waals surface area contributed by atoms with Crippen LogP contribution in [-0.2, 0) is 10.0 Å². The zero-order valence-corrected chi connectivity index (χ0v) is 16.5. The summed E-state index contributed by atoms with van der Waals surface area (Å²) >= 11 is 0. The second kappa shape index (κ2) is 10.9. The topological polar surface area (TPSA) is 82.6 Å². The molecular formula is C16H36N4O2S. The van der Waals surface area contributed by atoms with Crippen molar-refractivity contribution in [3.8, 4) is 0 Å². The maximum atomic E-state index is 11.3. The van der Waals surface area contributed by atoms with Crippen LogP contribution in [-0.4, -0.2) is 45.8 Å². The van der Waals surface area contributed by atoms with E-state index in [-0.39, 0.29) is 5.75 Å².